The summed E-state index contributed by atoms with van der Waals surface area (Å²) in [5.74, 6) is 0.400. The van der Waals surface area contributed by atoms with E-state index in [1.165, 1.54) is 0 Å². The molecule has 4 nitrogen and oxygen atoms in total. The van der Waals surface area contributed by atoms with Gasteiger partial charge in [-0.25, -0.2) is 13.1 Å². The van der Waals surface area contributed by atoms with E-state index in [4.69, 9.17) is 5.73 Å². The molecule has 2 atom stereocenters. The van der Waals surface area contributed by atoms with Crippen LogP contribution in [0.5, 0.6) is 0 Å². The largest absolute Gasteiger partial charge is 0.326 e. The lowest BCUT2D eigenvalue weighted by Crippen LogP contribution is -2.36. The van der Waals surface area contributed by atoms with E-state index in [1.807, 2.05) is 0 Å². The van der Waals surface area contributed by atoms with Crippen LogP contribution in [0.25, 0.3) is 0 Å². The maximum Gasteiger partial charge on any atom is 0.241 e. The second kappa shape index (κ2) is 5.91. The van der Waals surface area contributed by atoms with Crippen LogP contribution in [-0.2, 0) is 16.6 Å². The van der Waals surface area contributed by atoms with Gasteiger partial charge in [0.15, 0.2) is 0 Å². The molecule has 0 saturated heterocycles. The molecule has 1 aliphatic carbocycles. The standard InChI is InChI=1S/C13H19BrN2O2S/c1-9-3-2-4-12(9)16-19(17,18)13-6-5-10(8-15)7-11(13)14/h5-7,9,12,16H,2-4,8,15H2,1H3. The molecule has 0 radical (unpaired) electrons. The van der Waals surface area contributed by atoms with Crippen molar-refractivity contribution in [1.29, 1.82) is 0 Å². The zero-order valence-corrected chi connectivity index (χ0v) is 13.3. The zero-order chi connectivity index (χ0) is 14.0. The van der Waals surface area contributed by atoms with E-state index in [1.54, 1.807) is 18.2 Å². The molecule has 3 N–H and O–H groups in total. The Labute approximate surface area is 122 Å². The normalized spacial score (nSPS) is 23.7. The van der Waals surface area contributed by atoms with Crippen molar-refractivity contribution < 1.29 is 8.42 Å². The minimum Gasteiger partial charge on any atom is -0.326 e. The SMILES string of the molecule is CC1CCCC1NS(=O)(=O)c1ccc(CN)cc1Br. The molecule has 0 aliphatic heterocycles. The Hall–Kier alpha value is -0.430. The van der Waals surface area contributed by atoms with Gasteiger partial charge in [0, 0.05) is 17.1 Å². The maximum atomic E-state index is 12.4. The highest BCUT2D eigenvalue weighted by atomic mass is 79.9. The van der Waals surface area contributed by atoms with Crippen molar-refractivity contribution in [3.05, 3.63) is 28.2 Å². The van der Waals surface area contributed by atoms with Crippen LogP contribution in [-0.4, -0.2) is 14.5 Å². The lowest BCUT2D eigenvalue weighted by atomic mass is 10.1. The minimum atomic E-state index is -3.47. The maximum absolute atomic E-state index is 12.4. The smallest absolute Gasteiger partial charge is 0.241 e. The third-order valence-corrected chi connectivity index (χ3v) is 6.16. The summed E-state index contributed by atoms with van der Waals surface area (Å²) in [4.78, 5) is 0.281. The first-order valence-electron chi connectivity index (χ1n) is 6.45. The monoisotopic (exact) mass is 346 g/mol. The van der Waals surface area contributed by atoms with Crippen LogP contribution in [0.15, 0.2) is 27.6 Å². The molecule has 2 unspecified atom stereocenters. The highest BCUT2D eigenvalue weighted by Gasteiger charge is 2.29. The van der Waals surface area contributed by atoms with Crippen LogP contribution in [0.2, 0.25) is 0 Å². The molecule has 1 aromatic carbocycles. The number of halogens is 1. The summed E-state index contributed by atoms with van der Waals surface area (Å²) in [6.07, 6.45) is 3.08. The van der Waals surface area contributed by atoms with Gasteiger partial charge in [0.2, 0.25) is 10.0 Å². The van der Waals surface area contributed by atoms with Gasteiger partial charge in [0.1, 0.15) is 0 Å². The van der Waals surface area contributed by atoms with Crippen molar-refractivity contribution in [3.8, 4) is 0 Å². The molecule has 1 fully saturated rings. The van der Waals surface area contributed by atoms with Gasteiger partial charge < -0.3 is 5.73 Å². The predicted molar refractivity (Wildman–Crippen MR) is 79.2 cm³/mol. The van der Waals surface area contributed by atoms with E-state index >= 15 is 0 Å². The van der Waals surface area contributed by atoms with Crippen LogP contribution in [0.1, 0.15) is 31.7 Å². The van der Waals surface area contributed by atoms with Gasteiger partial charge in [-0.15, -0.1) is 0 Å². The summed E-state index contributed by atoms with van der Waals surface area (Å²) in [6.45, 7) is 2.48. The van der Waals surface area contributed by atoms with Gasteiger partial charge in [-0.3, -0.25) is 0 Å². The van der Waals surface area contributed by atoms with Crippen molar-refractivity contribution >= 4 is 26.0 Å². The fourth-order valence-electron chi connectivity index (χ4n) is 2.47. The second-order valence-electron chi connectivity index (χ2n) is 5.10. The molecule has 2 rings (SSSR count). The average molecular weight is 347 g/mol. The van der Waals surface area contributed by atoms with E-state index in [0.717, 1.165) is 24.8 Å². The summed E-state index contributed by atoms with van der Waals surface area (Å²) < 4.78 is 28.1. The zero-order valence-electron chi connectivity index (χ0n) is 10.9. The lowest BCUT2D eigenvalue weighted by molar-refractivity contribution is 0.476. The summed E-state index contributed by atoms with van der Waals surface area (Å²) in [6, 6.07) is 5.16. The third-order valence-electron chi connectivity index (χ3n) is 3.69. The molecule has 1 aromatic rings. The Morgan fingerprint density at radius 2 is 2.16 bits per heavy atom. The number of benzene rings is 1. The van der Waals surface area contributed by atoms with E-state index < -0.39 is 10.0 Å². The number of rotatable bonds is 4. The van der Waals surface area contributed by atoms with E-state index in [9.17, 15) is 8.42 Å². The highest BCUT2D eigenvalue weighted by molar-refractivity contribution is 9.10. The third kappa shape index (κ3) is 3.37. The van der Waals surface area contributed by atoms with Gasteiger partial charge in [-0.2, -0.15) is 0 Å². The van der Waals surface area contributed by atoms with Crippen molar-refractivity contribution in [3.63, 3.8) is 0 Å². The van der Waals surface area contributed by atoms with Crippen LogP contribution < -0.4 is 10.5 Å². The molecule has 1 saturated carbocycles. The Balaban J connectivity index is 2.24. The van der Waals surface area contributed by atoms with Gasteiger partial charge in [0.25, 0.3) is 0 Å². The van der Waals surface area contributed by atoms with Gasteiger partial charge in [-0.05, 0) is 52.4 Å². The average Bonchev–Trinajstić information content (AvgIpc) is 2.73. The summed E-state index contributed by atoms with van der Waals surface area (Å²) in [7, 11) is -3.47. The molecule has 0 bridgehead atoms. The molecule has 0 amide bonds. The first-order chi connectivity index (χ1) is 8.94. The van der Waals surface area contributed by atoms with E-state index in [2.05, 4.69) is 27.6 Å². The van der Waals surface area contributed by atoms with E-state index in [-0.39, 0.29) is 10.9 Å². The Bertz CT molecular complexity index is 560. The van der Waals surface area contributed by atoms with Gasteiger partial charge in [-0.1, -0.05) is 19.4 Å². The Morgan fingerprint density at radius 3 is 2.68 bits per heavy atom. The van der Waals surface area contributed by atoms with Crippen LogP contribution in [0.4, 0.5) is 0 Å². The number of sulfonamides is 1. The summed E-state index contributed by atoms with van der Waals surface area (Å²) in [5, 5.41) is 0. The lowest BCUT2D eigenvalue weighted by Gasteiger charge is -2.18. The molecule has 6 heteroatoms. The van der Waals surface area contributed by atoms with Crippen molar-refractivity contribution in [1.82, 2.24) is 4.72 Å². The first kappa shape index (κ1) is 15.0. The first-order valence-corrected chi connectivity index (χ1v) is 8.72. The van der Waals surface area contributed by atoms with Gasteiger partial charge in [0.05, 0.1) is 4.90 Å². The molecule has 0 aromatic heterocycles. The molecular formula is C13H19BrN2O2S. The molecule has 0 spiro atoms. The van der Waals surface area contributed by atoms with Crippen LogP contribution in [0.3, 0.4) is 0 Å². The number of nitrogens with one attached hydrogen (secondary N) is 1. The number of hydrogen-bond donors (Lipinski definition) is 2. The summed E-state index contributed by atoms with van der Waals surface area (Å²) in [5.41, 5.74) is 6.45. The topological polar surface area (TPSA) is 72.2 Å². The van der Waals surface area contributed by atoms with Crippen molar-refractivity contribution in [2.45, 2.75) is 43.7 Å². The second-order valence-corrected chi connectivity index (χ2v) is 7.64. The van der Waals surface area contributed by atoms with E-state index in [0.29, 0.717) is 16.9 Å². The fraction of sp³-hybridized carbons (Fsp3) is 0.538. The molecular weight excluding hydrogens is 328 g/mol. The Morgan fingerprint density at radius 1 is 1.42 bits per heavy atom. The summed E-state index contributed by atoms with van der Waals surface area (Å²) >= 11 is 3.31. The number of nitrogens with two attached hydrogens (primary N) is 1. The quantitative estimate of drug-likeness (QED) is 0.878. The predicted octanol–water partition coefficient (Wildman–Crippen LogP) is 2.37. The highest BCUT2D eigenvalue weighted by Crippen LogP contribution is 2.28. The van der Waals surface area contributed by atoms with Crippen LogP contribution in [0, 0.1) is 5.92 Å². The van der Waals surface area contributed by atoms with Gasteiger partial charge >= 0.3 is 0 Å². The number of hydrogen-bond acceptors (Lipinski definition) is 3. The Kier molecular flexibility index (Phi) is 4.66. The fourth-order valence-corrected chi connectivity index (χ4v) is 4.98. The molecule has 1 aliphatic rings. The minimum absolute atomic E-state index is 0.0473. The molecule has 106 valence electrons. The molecule has 0 heterocycles. The molecule has 19 heavy (non-hydrogen) atoms. The van der Waals surface area contributed by atoms with Crippen molar-refractivity contribution in [2.75, 3.05) is 0 Å². The van der Waals surface area contributed by atoms with Crippen LogP contribution >= 0.6 is 15.9 Å². The van der Waals surface area contributed by atoms with Crippen molar-refractivity contribution in [2.24, 2.45) is 11.7 Å².